The van der Waals surface area contributed by atoms with E-state index in [1.54, 1.807) is 0 Å². The van der Waals surface area contributed by atoms with Crippen molar-refractivity contribution in [1.82, 2.24) is 0 Å². The maximum Gasteiger partial charge on any atom is 0.376 e. The Bertz CT molecular complexity index is 404. The van der Waals surface area contributed by atoms with Crippen LogP contribution in [-0.4, -0.2) is 30.9 Å². The molecule has 0 rings (SSSR count). The second-order valence-electron chi connectivity index (χ2n) is 8.91. The molecule has 0 radical (unpaired) electrons. The fourth-order valence-corrected chi connectivity index (χ4v) is 5.09. The van der Waals surface area contributed by atoms with E-state index in [0.717, 1.165) is 25.7 Å². The summed E-state index contributed by atoms with van der Waals surface area (Å²) in [5, 5.41) is -0.596. The van der Waals surface area contributed by atoms with E-state index in [-0.39, 0.29) is 0 Å². The van der Waals surface area contributed by atoms with Crippen molar-refractivity contribution in [2.24, 2.45) is 0 Å². The zero-order valence-electron chi connectivity index (χ0n) is 19.0. The van der Waals surface area contributed by atoms with E-state index >= 15 is 0 Å². The number of quaternary nitrogens is 1. The highest BCUT2D eigenvalue weighted by molar-refractivity contribution is 7.38. The monoisotopic (exact) mass is 400 g/mol. The van der Waals surface area contributed by atoms with E-state index in [0.29, 0.717) is 10.9 Å². The molecule has 0 saturated carbocycles. The summed E-state index contributed by atoms with van der Waals surface area (Å²) < 4.78 is 12.4. The molecule has 0 spiro atoms. The summed E-state index contributed by atoms with van der Waals surface area (Å²) in [4.78, 5) is 11.9. The Hall–Kier alpha value is -0.240. The highest BCUT2D eigenvalue weighted by Gasteiger charge is 2.52. The van der Waals surface area contributed by atoms with Gasteiger partial charge < -0.3 is 4.89 Å². The summed E-state index contributed by atoms with van der Waals surface area (Å²) in [6, 6.07) is 0. The summed E-state index contributed by atoms with van der Waals surface area (Å²) in [6.07, 6.45) is 22.8. The van der Waals surface area contributed by atoms with Crippen molar-refractivity contribution in [2.45, 2.75) is 115 Å². The SMILES string of the molecule is CC/C=C\CCCCCCCCCCCCCC(CC)([P+](=O)[O-])[N+](C)(C)C. The van der Waals surface area contributed by atoms with Crippen molar-refractivity contribution in [3.63, 3.8) is 0 Å². The number of hydrogen-bond donors (Lipinski definition) is 0. The van der Waals surface area contributed by atoms with Gasteiger partial charge in [0, 0.05) is 12.8 Å². The molecule has 0 fully saturated rings. The lowest BCUT2D eigenvalue weighted by Crippen LogP contribution is -2.55. The summed E-state index contributed by atoms with van der Waals surface area (Å²) in [6.45, 7) is 4.20. The number of rotatable bonds is 18. The van der Waals surface area contributed by atoms with Crippen LogP contribution in [0.4, 0.5) is 0 Å². The first-order chi connectivity index (χ1) is 12.8. The molecule has 3 nitrogen and oxygen atoms in total. The van der Waals surface area contributed by atoms with Crippen LogP contribution in [0.1, 0.15) is 110 Å². The van der Waals surface area contributed by atoms with Crippen molar-refractivity contribution in [3.8, 4) is 0 Å². The summed E-state index contributed by atoms with van der Waals surface area (Å²) in [5.41, 5.74) is 0. The lowest BCUT2D eigenvalue weighted by Gasteiger charge is -2.39. The van der Waals surface area contributed by atoms with Crippen LogP contribution in [0, 0.1) is 0 Å². The van der Waals surface area contributed by atoms with E-state index in [1.807, 2.05) is 28.1 Å². The molecule has 0 heterocycles. The number of unbranched alkanes of at least 4 members (excludes halogenated alkanes) is 11. The molecule has 0 bridgehead atoms. The van der Waals surface area contributed by atoms with Gasteiger partial charge in [0.1, 0.15) is 0 Å². The summed E-state index contributed by atoms with van der Waals surface area (Å²) in [5.74, 6) is 0. The third-order valence-corrected chi connectivity index (χ3v) is 7.82. The molecular weight excluding hydrogens is 353 g/mol. The van der Waals surface area contributed by atoms with Gasteiger partial charge in [-0.15, -0.1) is 0 Å². The zero-order valence-corrected chi connectivity index (χ0v) is 19.9. The van der Waals surface area contributed by atoms with Gasteiger partial charge in [0.25, 0.3) is 5.28 Å². The van der Waals surface area contributed by atoms with E-state index in [1.165, 1.54) is 64.2 Å². The number of nitrogens with zero attached hydrogens (tertiary/aromatic N) is 1. The van der Waals surface area contributed by atoms with Crippen LogP contribution in [0.5, 0.6) is 0 Å². The molecule has 2 atom stereocenters. The molecule has 0 aromatic carbocycles. The van der Waals surface area contributed by atoms with Gasteiger partial charge in [0.2, 0.25) is 0 Å². The standard InChI is InChI=1S/C23H47NO2P/c1-6-8-9-10-11-12-13-14-15-16-17-18-19-20-21-22-23(7-2,27(25)26)24(3,4)5/h8-9H,6-7,10-22H2,1-5H3/q+1/b9-8-. The molecule has 0 amide bonds. The quantitative estimate of drug-likeness (QED) is 0.108. The van der Waals surface area contributed by atoms with Crippen LogP contribution in [0.3, 0.4) is 0 Å². The molecule has 0 aliphatic carbocycles. The van der Waals surface area contributed by atoms with Gasteiger partial charge >= 0.3 is 8.03 Å². The van der Waals surface area contributed by atoms with E-state index < -0.39 is 13.3 Å². The first kappa shape index (κ1) is 26.8. The average molecular weight is 401 g/mol. The van der Waals surface area contributed by atoms with Crippen LogP contribution in [-0.2, 0) is 4.57 Å². The molecule has 160 valence electrons. The number of allylic oxidation sites excluding steroid dienone is 2. The van der Waals surface area contributed by atoms with Gasteiger partial charge in [0.05, 0.1) is 21.1 Å². The van der Waals surface area contributed by atoms with Gasteiger partial charge in [-0.2, -0.15) is 0 Å². The van der Waals surface area contributed by atoms with Gasteiger partial charge in [-0.25, -0.2) is 0 Å². The van der Waals surface area contributed by atoms with E-state index in [4.69, 9.17) is 0 Å². The Kier molecular flexibility index (Phi) is 15.5. The Labute approximate surface area is 171 Å². The average Bonchev–Trinajstić information content (AvgIpc) is 2.60. The second-order valence-corrected chi connectivity index (χ2v) is 10.3. The van der Waals surface area contributed by atoms with E-state index in [9.17, 15) is 9.46 Å². The van der Waals surface area contributed by atoms with E-state index in [2.05, 4.69) is 19.1 Å². The van der Waals surface area contributed by atoms with Crippen LogP contribution >= 0.6 is 8.03 Å². The maximum absolute atomic E-state index is 11.9. The van der Waals surface area contributed by atoms with Crippen LogP contribution < -0.4 is 4.89 Å². The van der Waals surface area contributed by atoms with Crippen LogP contribution in [0.2, 0.25) is 0 Å². The molecule has 2 unspecified atom stereocenters. The summed E-state index contributed by atoms with van der Waals surface area (Å²) >= 11 is 0. The Morgan fingerprint density at radius 3 is 1.59 bits per heavy atom. The normalized spacial score (nSPS) is 15.3. The van der Waals surface area contributed by atoms with Crippen molar-refractivity contribution in [2.75, 3.05) is 21.1 Å². The molecule has 0 aliphatic heterocycles. The number of hydrogen-bond acceptors (Lipinski definition) is 2. The Balaban J connectivity index is 3.64. The zero-order chi connectivity index (χ0) is 20.6. The van der Waals surface area contributed by atoms with Gasteiger partial charge in [-0.1, -0.05) is 88.4 Å². The second kappa shape index (κ2) is 15.7. The third-order valence-electron chi connectivity index (χ3n) is 6.01. The van der Waals surface area contributed by atoms with Crippen LogP contribution in [0.15, 0.2) is 12.2 Å². The highest BCUT2D eigenvalue weighted by atomic mass is 31.1. The molecule has 27 heavy (non-hydrogen) atoms. The molecule has 0 aromatic rings. The minimum Gasteiger partial charge on any atom is -0.590 e. The van der Waals surface area contributed by atoms with Crippen molar-refractivity contribution in [3.05, 3.63) is 12.2 Å². The first-order valence-corrected chi connectivity index (χ1v) is 12.6. The maximum atomic E-state index is 11.9. The topological polar surface area (TPSA) is 40.1 Å². The van der Waals surface area contributed by atoms with Crippen molar-refractivity contribution in [1.29, 1.82) is 0 Å². The first-order valence-electron chi connectivity index (χ1n) is 11.4. The highest BCUT2D eigenvalue weighted by Crippen LogP contribution is 2.44. The minimum atomic E-state index is -2.41. The lowest BCUT2D eigenvalue weighted by atomic mass is 10.0. The largest absolute Gasteiger partial charge is 0.590 e. The van der Waals surface area contributed by atoms with Crippen LogP contribution in [0.25, 0.3) is 0 Å². The van der Waals surface area contributed by atoms with Gasteiger partial charge in [0.15, 0.2) is 0 Å². The molecule has 0 N–H and O–H groups in total. The van der Waals surface area contributed by atoms with Gasteiger partial charge in [-0.3, -0.25) is 4.48 Å². The molecule has 0 aromatic heterocycles. The minimum absolute atomic E-state index is 0.511. The molecule has 4 heteroatoms. The summed E-state index contributed by atoms with van der Waals surface area (Å²) in [7, 11) is 3.62. The third kappa shape index (κ3) is 11.4. The fraction of sp³-hybridized carbons (Fsp3) is 0.913. The van der Waals surface area contributed by atoms with Crippen molar-refractivity contribution < 1.29 is 13.9 Å². The Morgan fingerprint density at radius 1 is 0.778 bits per heavy atom. The Morgan fingerprint density at radius 2 is 1.22 bits per heavy atom. The van der Waals surface area contributed by atoms with Crippen molar-refractivity contribution >= 4 is 8.03 Å². The van der Waals surface area contributed by atoms with Gasteiger partial charge in [-0.05, 0) is 25.7 Å². The molecule has 0 saturated heterocycles. The fourth-order valence-electron chi connectivity index (χ4n) is 4.00. The predicted octanol–water partition coefficient (Wildman–Crippen LogP) is 6.94. The molecular formula is C23H47NO2P+. The molecule has 0 aliphatic rings. The predicted molar refractivity (Wildman–Crippen MR) is 118 cm³/mol. The lowest BCUT2D eigenvalue weighted by molar-refractivity contribution is -0.910. The smallest absolute Gasteiger partial charge is 0.376 e.